The number of hydrogen-bond acceptors (Lipinski definition) is 7. The van der Waals surface area contributed by atoms with Crippen LogP contribution < -0.4 is 10.9 Å². The minimum Gasteiger partial charge on any atom is -0.462 e. The van der Waals surface area contributed by atoms with Crippen molar-refractivity contribution in [3.63, 3.8) is 0 Å². The monoisotopic (exact) mass is 437 g/mol. The van der Waals surface area contributed by atoms with Gasteiger partial charge in [0, 0.05) is 6.20 Å². The SMILES string of the molecule is CCOC(=O)c1cc(/C(=C/N)SN)nc2c1cnn2PI. The van der Waals surface area contributed by atoms with Gasteiger partial charge in [0.1, 0.15) is 0 Å². The summed E-state index contributed by atoms with van der Waals surface area (Å²) in [5, 5.41) is 10.5. The molecule has 112 valence electrons. The second-order valence-electron chi connectivity index (χ2n) is 3.80. The third-order valence-electron chi connectivity index (χ3n) is 2.65. The number of fused-ring (bicyclic) bond motifs is 1. The van der Waals surface area contributed by atoms with Crippen molar-refractivity contribution in [2.45, 2.75) is 6.92 Å². The fourth-order valence-electron chi connectivity index (χ4n) is 1.75. The normalized spacial score (nSPS) is 12.4. The third-order valence-corrected chi connectivity index (χ3v) is 5.11. The predicted molar refractivity (Wildman–Crippen MR) is 95.2 cm³/mol. The van der Waals surface area contributed by atoms with Gasteiger partial charge in [-0.25, -0.2) is 14.2 Å². The minimum atomic E-state index is -0.416. The maximum Gasteiger partial charge on any atom is 0.339 e. The Morgan fingerprint density at radius 2 is 2.43 bits per heavy atom. The van der Waals surface area contributed by atoms with Gasteiger partial charge in [0.05, 0.1) is 40.7 Å². The zero-order valence-corrected chi connectivity index (χ0v) is 15.0. The topological polar surface area (TPSA) is 109 Å². The van der Waals surface area contributed by atoms with Crippen LogP contribution in [0.3, 0.4) is 0 Å². The first-order valence-corrected chi connectivity index (χ1v) is 10.8. The Morgan fingerprint density at radius 3 is 3.00 bits per heavy atom. The molecule has 0 saturated heterocycles. The molecule has 0 amide bonds. The summed E-state index contributed by atoms with van der Waals surface area (Å²) < 4.78 is 6.81. The summed E-state index contributed by atoms with van der Waals surface area (Å²) in [5.41, 5.74) is 7.09. The molecule has 0 aliphatic heterocycles. The number of carbonyl (C=O) groups excluding carboxylic acids is 1. The van der Waals surface area contributed by atoms with Crippen LogP contribution in [0.25, 0.3) is 15.9 Å². The Morgan fingerprint density at radius 1 is 1.67 bits per heavy atom. The molecule has 0 saturated carbocycles. The average Bonchev–Trinajstić information content (AvgIpc) is 2.91. The molecule has 2 heterocycles. The molecule has 21 heavy (non-hydrogen) atoms. The van der Waals surface area contributed by atoms with Crippen molar-refractivity contribution in [3.05, 3.63) is 29.7 Å². The Bertz CT molecular complexity index is 705. The van der Waals surface area contributed by atoms with E-state index in [1.54, 1.807) is 23.6 Å². The van der Waals surface area contributed by atoms with Crippen LogP contribution in [-0.2, 0) is 4.74 Å². The molecular weight excluding hydrogens is 424 g/mol. The molecule has 4 N–H and O–H groups in total. The Balaban J connectivity index is 2.70. The molecule has 10 heteroatoms. The Kier molecular flexibility index (Phi) is 5.80. The zero-order valence-electron chi connectivity index (χ0n) is 11.0. The highest BCUT2D eigenvalue weighted by Gasteiger charge is 2.18. The van der Waals surface area contributed by atoms with Crippen LogP contribution in [0.4, 0.5) is 0 Å². The number of halogens is 1. The second-order valence-corrected chi connectivity index (χ2v) is 6.52. The van der Waals surface area contributed by atoms with E-state index in [9.17, 15) is 4.79 Å². The highest BCUT2D eigenvalue weighted by Crippen LogP contribution is 2.31. The average molecular weight is 437 g/mol. The highest BCUT2D eigenvalue weighted by molar-refractivity contribution is 14.2. The lowest BCUT2D eigenvalue weighted by Crippen LogP contribution is -2.07. The molecule has 2 aromatic heterocycles. The smallest absolute Gasteiger partial charge is 0.339 e. The molecule has 0 spiro atoms. The first kappa shape index (κ1) is 16.5. The van der Waals surface area contributed by atoms with Gasteiger partial charge in [-0.3, -0.25) is 5.14 Å². The Labute approximate surface area is 140 Å². The molecule has 0 bridgehead atoms. The number of nitrogens with two attached hydrogens (primary N) is 2. The quantitative estimate of drug-likeness (QED) is 0.320. The summed E-state index contributed by atoms with van der Waals surface area (Å²) in [7, 11) is 0. The maximum absolute atomic E-state index is 12.1. The Hall–Kier alpha value is -0.900. The van der Waals surface area contributed by atoms with Gasteiger partial charge in [0.25, 0.3) is 0 Å². The van der Waals surface area contributed by atoms with Crippen molar-refractivity contribution in [2.24, 2.45) is 10.9 Å². The van der Waals surface area contributed by atoms with Crippen molar-refractivity contribution >= 4 is 62.3 Å². The van der Waals surface area contributed by atoms with Gasteiger partial charge in [-0.15, -0.1) is 0 Å². The molecular formula is C11H13IN5O2PS. The van der Waals surface area contributed by atoms with Crippen LogP contribution in [-0.4, -0.2) is 27.1 Å². The van der Waals surface area contributed by atoms with Crippen molar-refractivity contribution < 1.29 is 9.53 Å². The number of pyridine rings is 1. The molecule has 7 nitrogen and oxygen atoms in total. The van der Waals surface area contributed by atoms with Gasteiger partial charge in [0.15, 0.2) is 5.65 Å². The third kappa shape index (κ3) is 3.31. The first-order chi connectivity index (χ1) is 10.2. The molecule has 1 atom stereocenters. The number of aromatic nitrogens is 3. The standard InChI is InChI=1S/C11H13IN5O2PS/c1-2-19-11(18)6-3-8(9(4-13)21-14)16-10-7(6)5-15-17(10)20-12/h3-5,20H,2,13-14H2,1H3/b9-4-. The van der Waals surface area contributed by atoms with Crippen LogP contribution in [0.15, 0.2) is 18.5 Å². The largest absolute Gasteiger partial charge is 0.462 e. The van der Waals surface area contributed by atoms with Gasteiger partial charge >= 0.3 is 5.97 Å². The number of carbonyl (C=O) groups is 1. The highest BCUT2D eigenvalue weighted by atomic mass is 127. The zero-order chi connectivity index (χ0) is 15.4. The number of nitrogens with zero attached hydrogens (tertiary/aromatic N) is 3. The van der Waals surface area contributed by atoms with Crippen molar-refractivity contribution in [3.8, 4) is 0 Å². The first-order valence-electron chi connectivity index (χ1n) is 5.87. The summed E-state index contributed by atoms with van der Waals surface area (Å²) in [6.45, 7) is 2.05. The molecule has 0 aliphatic carbocycles. The lowest BCUT2D eigenvalue weighted by atomic mass is 10.1. The van der Waals surface area contributed by atoms with Crippen LogP contribution in [0.1, 0.15) is 23.0 Å². The summed E-state index contributed by atoms with van der Waals surface area (Å²) in [5.74, 6) is -0.416. The number of ether oxygens (including phenoxy) is 1. The second kappa shape index (κ2) is 7.39. The lowest BCUT2D eigenvalue weighted by molar-refractivity contribution is 0.0528. The molecule has 1 unspecified atom stereocenters. The number of esters is 1. The van der Waals surface area contributed by atoms with E-state index in [-0.39, 0.29) is 0 Å². The molecule has 0 fully saturated rings. The predicted octanol–water partition coefficient (Wildman–Crippen LogP) is 2.26. The number of hydrogen-bond donors (Lipinski definition) is 2. The summed E-state index contributed by atoms with van der Waals surface area (Å²) in [6.07, 6.45) is 3.34. The van der Waals surface area contributed by atoms with Crippen molar-refractivity contribution in [1.29, 1.82) is 0 Å². The van der Waals surface area contributed by atoms with Gasteiger partial charge in [-0.05, 0) is 47.0 Å². The summed E-state index contributed by atoms with van der Waals surface area (Å²) in [6, 6.07) is 1.63. The van der Waals surface area contributed by atoms with E-state index in [0.717, 1.165) is 11.9 Å². The van der Waals surface area contributed by atoms with E-state index in [1.165, 1.54) is 6.20 Å². The van der Waals surface area contributed by atoms with E-state index in [0.29, 0.717) is 40.2 Å². The molecule has 0 aromatic carbocycles. The van der Waals surface area contributed by atoms with E-state index in [2.05, 4.69) is 32.1 Å². The summed E-state index contributed by atoms with van der Waals surface area (Å²) in [4.78, 5) is 17.2. The molecule has 0 aliphatic rings. The lowest BCUT2D eigenvalue weighted by Gasteiger charge is -2.08. The van der Waals surface area contributed by atoms with Crippen LogP contribution >= 0.6 is 40.4 Å². The van der Waals surface area contributed by atoms with Gasteiger partial charge < -0.3 is 10.5 Å². The van der Waals surface area contributed by atoms with Crippen LogP contribution in [0.5, 0.6) is 0 Å². The van der Waals surface area contributed by atoms with Crippen LogP contribution in [0, 0.1) is 0 Å². The van der Waals surface area contributed by atoms with Crippen molar-refractivity contribution in [2.75, 3.05) is 6.61 Å². The number of rotatable bonds is 5. The minimum absolute atomic E-state index is 0.297. The van der Waals surface area contributed by atoms with E-state index < -0.39 is 5.97 Å². The van der Waals surface area contributed by atoms with Gasteiger partial charge in [-0.2, -0.15) is 5.10 Å². The van der Waals surface area contributed by atoms with Crippen molar-refractivity contribution in [1.82, 2.24) is 14.5 Å². The molecule has 0 radical (unpaired) electrons. The van der Waals surface area contributed by atoms with Gasteiger partial charge in [0.2, 0.25) is 0 Å². The fourth-order valence-corrected chi connectivity index (χ4v) is 3.47. The van der Waals surface area contributed by atoms with Gasteiger partial charge in [-0.1, -0.05) is 0 Å². The van der Waals surface area contributed by atoms with Crippen LogP contribution in [0.2, 0.25) is 0 Å². The fraction of sp³-hybridized carbons (Fsp3) is 0.182. The maximum atomic E-state index is 12.1. The van der Waals surface area contributed by atoms with E-state index in [1.807, 2.05) is 0 Å². The molecule has 2 rings (SSSR count). The molecule has 2 aromatic rings. The van der Waals surface area contributed by atoms with E-state index >= 15 is 0 Å². The summed E-state index contributed by atoms with van der Waals surface area (Å²) >= 11 is 3.17. The van der Waals surface area contributed by atoms with E-state index in [4.69, 9.17) is 15.6 Å².